The molecule has 2 heteroatoms. The summed E-state index contributed by atoms with van der Waals surface area (Å²) in [5, 5.41) is 2.92. The smallest absolute Gasteiger partial charge is 0.0513 e. The third-order valence-corrected chi connectivity index (χ3v) is 6.30. The van der Waals surface area contributed by atoms with Gasteiger partial charge < -0.3 is 0 Å². The van der Waals surface area contributed by atoms with Crippen LogP contribution in [0.5, 0.6) is 0 Å². The lowest BCUT2D eigenvalue weighted by atomic mass is 9.82. The second kappa shape index (κ2) is 6.84. The molecular weight excluding hydrogens is 298 g/mol. The zero-order valence-corrected chi connectivity index (χ0v) is 17.0. The minimum Gasteiger partial charge on any atom is -0.257 e. The maximum absolute atomic E-state index is 5.00. The second-order valence-corrected chi connectivity index (χ2v) is 8.64. The van der Waals surface area contributed by atoms with Gasteiger partial charge in [-0.1, -0.05) is 33.3 Å². The summed E-state index contributed by atoms with van der Waals surface area (Å²) in [6.07, 6.45) is 0. The number of aromatic nitrogens is 1. The number of hydrogen-bond donors (Lipinski definition) is 0. The van der Waals surface area contributed by atoms with E-state index in [1.807, 2.05) is 11.8 Å². The van der Waals surface area contributed by atoms with Gasteiger partial charge in [0.15, 0.2) is 0 Å². The molecule has 126 valence electrons. The molecule has 1 aliphatic heterocycles. The fraction of sp³-hybridized carbons (Fsp3) is 0.571. The van der Waals surface area contributed by atoms with E-state index in [1.165, 1.54) is 44.8 Å². The van der Waals surface area contributed by atoms with Crippen molar-refractivity contribution < 1.29 is 0 Å². The molecule has 0 radical (unpaired) electrons. The Morgan fingerprint density at radius 2 is 1.57 bits per heavy atom. The summed E-state index contributed by atoms with van der Waals surface area (Å²) in [4.78, 5) is 5.00. The van der Waals surface area contributed by atoms with E-state index in [0.29, 0.717) is 17.1 Å². The molecule has 23 heavy (non-hydrogen) atoms. The van der Waals surface area contributed by atoms with Gasteiger partial charge in [-0.05, 0) is 74.1 Å². The number of thioether (sulfide) groups is 1. The molecule has 2 heterocycles. The van der Waals surface area contributed by atoms with Crippen LogP contribution in [0.1, 0.15) is 82.5 Å². The summed E-state index contributed by atoms with van der Waals surface area (Å²) in [6, 6.07) is 0. The van der Waals surface area contributed by atoms with Crippen molar-refractivity contribution in [3.63, 3.8) is 0 Å². The van der Waals surface area contributed by atoms with Crippen LogP contribution >= 0.6 is 11.8 Å². The molecule has 1 atom stereocenters. The average molecular weight is 330 g/mol. The van der Waals surface area contributed by atoms with Crippen LogP contribution in [0.2, 0.25) is 0 Å². The van der Waals surface area contributed by atoms with E-state index in [2.05, 4.69) is 67.7 Å². The van der Waals surface area contributed by atoms with E-state index in [0.717, 1.165) is 0 Å². The van der Waals surface area contributed by atoms with Crippen LogP contribution in [0.25, 0.3) is 11.1 Å². The molecule has 0 aliphatic carbocycles. The van der Waals surface area contributed by atoms with Gasteiger partial charge in [-0.25, -0.2) is 0 Å². The zero-order valence-electron chi connectivity index (χ0n) is 16.2. The largest absolute Gasteiger partial charge is 0.257 e. The number of rotatable bonds is 2. The Balaban J connectivity index is 2.98. The van der Waals surface area contributed by atoms with Crippen LogP contribution in [0.4, 0.5) is 0 Å². The number of pyridine rings is 1. The predicted molar refractivity (Wildman–Crippen MR) is 106 cm³/mol. The van der Waals surface area contributed by atoms with Gasteiger partial charge in [0.1, 0.15) is 0 Å². The first kappa shape index (κ1) is 18.3. The van der Waals surface area contributed by atoms with Crippen molar-refractivity contribution in [1.82, 2.24) is 4.98 Å². The van der Waals surface area contributed by atoms with Gasteiger partial charge in [0.25, 0.3) is 0 Å². The van der Waals surface area contributed by atoms with E-state index < -0.39 is 0 Å². The Morgan fingerprint density at radius 3 is 2.09 bits per heavy atom. The van der Waals surface area contributed by atoms with E-state index in [9.17, 15) is 0 Å². The first-order valence-corrected chi connectivity index (χ1v) is 9.65. The van der Waals surface area contributed by atoms with Gasteiger partial charge >= 0.3 is 0 Å². The Morgan fingerprint density at radius 1 is 0.957 bits per heavy atom. The summed E-state index contributed by atoms with van der Waals surface area (Å²) in [6.45, 7) is 20.4. The van der Waals surface area contributed by atoms with Crippen molar-refractivity contribution in [2.45, 2.75) is 73.5 Å². The molecule has 0 spiro atoms. The number of hydrogen-bond acceptors (Lipinski definition) is 2. The first-order chi connectivity index (χ1) is 10.7. The molecule has 0 aromatic carbocycles. The fourth-order valence-electron chi connectivity index (χ4n) is 3.26. The summed E-state index contributed by atoms with van der Waals surface area (Å²) >= 11 is 1.95. The van der Waals surface area contributed by atoms with E-state index in [-0.39, 0.29) is 0 Å². The highest BCUT2D eigenvalue weighted by Gasteiger charge is 2.26. The lowest BCUT2D eigenvalue weighted by molar-refractivity contribution is 0.790. The molecule has 1 nitrogen and oxygen atoms in total. The highest BCUT2D eigenvalue weighted by Crippen LogP contribution is 2.43. The first-order valence-electron chi connectivity index (χ1n) is 8.71. The Hall–Kier alpha value is -1.02. The molecule has 0 unspecified atom stereocenters. The van der Waals surface area contributed by atoms with Crippen molar-refractivity contribution in [2.75, 3.05) is 0 Å². The monoisotopic (exact) mass is 329 g/mol. The van der Waals surface area contributed by atoms with Crippen molar-refractivity contribution in [1.29, 1.82) is 0 Å². The van der Waals surface area contributed by atoms with Crippen molar-refractivity contribution in [3.05, 3.63) is 39.1 Å². The van der Waals surface area contributed by atoms with Crippen LogP contribution in [-0.2, 0) is 0 Å². The molecule has 0 N–H and O–H groups in total. The van der Waals surface area contributed by atoms with Gasteiger partial charge in [-0.3, -0.25) is 4.98 Å². The molecule has 0 saturated heterocycles. The summed E-state index contributed by atoms with van der Waals surface area (Å²) in [5.74, 6) is 0.932. The number of nitrogens with zero attached hydrogens (tertiary/aromatic N) is 1. The van der Waals surface area contributed by atoms with Crippen molar-refractivity contribution in [2.24, 2.45) is 5.92 Å². The average Bonchev–Trinajstić information content (AvgIpc) is 2.47. The lowest BCUT2D eigenvalue weighted by Gasteiger charge is -2.28. The normalized spacial score (nSPS) is 24.3. The Kier molecular flexibility index (Phi) is 5.45. The quantitative estimate of drug-likeness (QED) is 0.595. The van der Waals surface area contributed by atoms with Crippen molar-refractivity contribution >= 4 is 22.9 Å². The van der Waals surface area contributed by atoms with Crippen LogP contribution in [-0.4, -0.2) is 10.2 Å². The molecule has 2 rings (SSSR count). The topological polar surface area (TPSA) is 12.9 Å². The fourth-order valence-corrected chi connectivity index (χ4v) is 4.38. The Labute approximate surface area is 146 Å². The van der Waals surface area contributed by atoms with Gasteiger partial charge in [0.05, 0.1) is 5.69 Å². The second-order valence-electron chi connectivity index (χ2n) is 7.43. The minimum atomic E-state index is 0.431. The van der Waals surface area contributed by atoms with Crippen molar-refractivity contribution in [3.8, 4) is 0 Å². The lowest BCUT2D eigenvalue weighted by Crippen LogP contribution is -2.13. The number of fused-ring (bicyclic) bond motifs is 1. The SMILES string of the molecule is C/C1=C(\C)[C@H](C)S/C=C(/C(C)C)c2c(C(C)C)nc(C)c(C)c21. The number of allylic oxidation sites excluding steroid dienone is 2. The Bertz CT molecular complexity index is 678. The third kappa shape index (κ3) is 3.28. The van der Waals surface area contributed by atoms with Crippen LogP contribution in [0.3, 0.4) is 0 Å². The molecule has 0 saturated carbocycles. The van der Waals surface area contributed by atoms with Gasteiger partial charge in [-0.2, -0.15) is 0 Å². The molecule has 1 aromatic heterocycles. The molecule has 0 amide bonds. The van der Waals surface area contributed by atoms with Gasteiger partial charge in [-0.15, -0.1) is 11.8 Å². The van der Waals surface area contributed by atoms with Gasteiger partial charge in [0.2, 0.25) is 0 Å². The van der Waals surface area contributed by atoms with E-state index >= 15 is 0 Å². The summed E-state index contributed by atoms with van der Waals surface area (Å²) in [5.41, 5.74) is 11.0. The zero-order chi connectivity index (χ0) is 17.5. The van der Waals surface area contributed by atoms with Crippen LogP contribution < -0.4 is 0 Å². The highest BCUT2D eigenvalue weighted by atomic mass is 32.2. The van der Waals surface area contributed by atoms with E-state index in [4.69, 9.17) is 4.98 Å². The molecule has 0 bridgehead atoms. The summed E-state index contributed by atoms with van der Waals surface area (Å²) < 4.78 is 0. The molecule has 1 aromatic rings. The summed E-state index contributed by atoms with van der Waals surface area (Å²) in [7, 11) is 0. The molecular formula is C21H31NS. The van der Waals surface area contributed by atoms with E-state index in [1.54, 1.807) is 0 Å². The predicted octanol–water partition coefficient (Wildman–Crippen LogP) is 6.75. The van der Waals surface area contributed by atoms with Crippen LogP contribution in [0, 0.1) is 19.8 Å². The molecule has 0 fully saturated rings. The maximum Gasteiger partial charge on any atom is 0.0513 e. The number of aryl methyl sites for hydroxylation is 1. The third-order valence-electron chi connectivity index (χ3n) is 5.14. The highest BCUT2D eigenvalue weighted by molar-refractivity contribution is 8.03. The minimum absolute atomic E-state index is 0.431. The van der Waals surface area contributed by atoms with Gasteiger partial charge in [0, 0.05) is 16.5 Å². The maximum atomic E-state index is 5.00. The molecule has 1 aliphatic rings. The van der Waals surface area contributed by atoms with Crippen LogP contribution in [0.15, 0.2) is 11.0 Å². The standard InChI is InChI=1S/C21H31NS/c1-11(2)18-10-23-17(9)13(5)14(6)19-15(7)16(8)22-21(12(3)4)20(18)19/h10-12,17H,1-9H3/b14-13-,18-10-/t17-/m0/s1.